The summed E-state index contributed by atoms with van der Waals surface area (Å²) >= 11 is 0. The van der Waals surface area contributed by atoms with Crippen molar-refractivity contribution in [1.82, 2.24) is 0 Å². The maximum Gasteiger partial charge on any atom is 0.150 e. The van der Waals surface area contributed by atoms with Crippen molar-refractivity contribution in [3.05, 3.63) is 59.2 Å². The molecule has 0 amide bonds. The Hall–Kier alpha value is -1.96. The van der Waals surface area contributed by atoms with Crippen molar-refractivity contribution in [1.29, 1.82) is 0 Å². The zero-order valence-corrected chi connectivity index (χ0v) is 8.51. The van der Waals surface area contributed by atoms with Gasteiger partial charge in [-0.05, 0) is 13.0 Å². The van der Waals surface area contributed by atoms with Crippen LogP contribution < -0.4 is 0 Å². The molecule has 1 rings (SSSR count). The Balaban J connectivity index is 3.38. The van der Waals surface area contributed by atoms with E-state index >= 15 is 0 Å². The number of hydrogen-bond donors (Lipinski definition) is 0. The molecule has 2 heteroatoms. The Morgan fingerprint density at radius 3 is 2.07 bits per heavy atom. The fourth-order valence-electron chi connectivity index (χ4n) is 1.13. The van der Waals surface area contributed by atoms with Gasteiger partial charge in [-0.1, -0.05) is 42.0 Å². The third kappa shape index (κ3) is 3.73. The van der Waals surface area contributed by atoms with Crippen molar-refractivity contribution in [2.75, 3.05) is 0 Å². The van der Waals surface area contributed by atoms with Gasteiger partial charge in [-0.25, -0.2) is 0 Å². The first-order valence-corrected chi connectivity index (χ1v) is 4.61. The molecule has 0 saturated carbocycles. The van der Waals surface area contributed by atoms with Crippen molar-refractivity contribution < 1.29 is 9.59 Å². The van der Waals surface area contributed by atoms with E-state index in [0.29, 0.717) is 11.1 Å². The summed E-state index contributed by atoms with van der Waals surface area (Å²) in [7, 11) is 0. The largest absolute Gasteiger partial charge is 0.298 e. The Kier molecular flexibility index (Phi) is 4.23. The predicted octanol–water partition coefficient (Wildman–Crippen LogP) is 2.74. The number of rotatable bonds is 2. The zero-order chi connectivity index (χ0) is 11.1. The molecule has 0 spiro atoms. The lowest BCUT2D eigenvalue weighted by molar-refractivity contribution is 0.111. The first-order valence-electron chi connectivity index (χ1n) is 4.61. The van der Waals surface area contributed by atoms with Gasteiger partial charge in [-0.2, -0.15) is 0 Å². The molecule has 0 aliphatic rings. The van der Waals surface area contributed by atoms with Gasteiger partial charge in [-0.15, -0.1) is 0 Å². The fraction of sp³-hybridized carbons (Fsp3) is 0.0769. The minimum Gasteiger partial charge on any atom is -0.298 e. The van der Waals surface area contributed by atoms with Gasteiger partial charge in [0.2, 0.25) is 0 Å². The first kappa shape index (κ1) is 11.1. The zero-order valence-electron chi connectivity index (χ0n) is 8.51. The van der Waals surface area contributed by atoms with Gasteiger partial charge in [0.15, 0.2) is 0 Å². The lowest BCUT2D eigenvalue weighted by Gasteiger charge is -1.88. The minimum absolute atomic E-state index is 0.599. The molecule has 1 aromatic carbocycles. The third-order valence-electron chi connectivity index (χ3n) is 1.89. The van der Waals surface area contributed by atoms with Gasteiger partial charge in [0.25, 0.3) is 0 Å². The summed E-state index contributed by atoms with van der Waals surface area (Å²) in [5, 5.41) is 0. The number of aldehydes is 2. The summed E-state index contributed by atoms with van der Waals surface area (Å²) < 4.78 is 0. The molecule has 0 unspecified atom stereocenters. The van der Waals surface area contributed by atoms with E-state index in [0.717, 1.165) is 18.1 Å². The highest BCUT2D eigenvalue weighted by Crippen LogP contribution is 1.99. The third-order valence-corrected chi connectivity index (χ3v) is 1.89. The van der Waals surface area contributed by atoms with Crippen molar-refractivity contribution in [3.63, 3.8) is 0 Å². The molecule has 15 heavy (non-hydrogen) atoms. The van der Waals surface area contributed by atoms with Crippen LogP contribution in [0.1, 0.15) is 26.3 Å². The van der Waals surface area contributed by atoms with E-state index in [1.165, 1.54) is 0 Å². The fourth-order valence-corrected chi connectivity index (χ4v) is 1.13. The molecule has 2 nitrogen and oxygen atoms in total. The monoisotopic (exact) mass is 200 g/mol. The molecule has 76 valence electrons. The lowest BCUT2D eigenvalue weighted by Crippen LogP contribution is -1.78. The van der Waals surface area contributed by atoms with Crippen molar-refractivity contribution >= 4 is 12.6 Å². The second-order valence-corrected chi connectivity index (χ2v) is 3.18. The average Bonchev–Trinajstić information content (AvgIpc) is 2.26. The Morgan fingerprint density at radius 1 is 0.867 bits per heavy atom. The summed E-state index contributed by atoms with van der Waals surface area (Å²) in [4.78, 5) is 21.3. The van der Waals surface area contributed by atoms with E-state index in [-0.39, 0.29) is 0 Å². The molecule has 1 aromatic rings. The standard InChI is InChI=1S/C13H12O2/c1-11-6-7-12(9-14)4-2-3-5-13(8-11)10-15/h2-10H,1H3. The molecule has 0 aliphatic carbocycles. The van der Waals surface area contributed by atoms with Crippen molar-refractivity contribution in [3.8, 4) is 0 Å². The minimum atomic E-state index is 0.599. The summed E-state index contributed by atoms with van der Waals surface area (Å²) in [6, 6.07) is 12.1. The van der Waals surface area contributed by atoms with Gasteiger partial charge in [-0.3, -0.25) is 9.59 Å². The summed E-state index contributed by atoms with van der Waals surface area (Å²) in [5.41, 5.74) is 2.13. The van der Waals surface area contributed by atoms with Gasteiger partial charge in [0.05, 0.1) is 0 Å². The number of carbonyl (C=O) groups excluding carboxylic acids is 2. The lowest BCUT2D eigenvalue weighted by atomic mass is 10.2. The van der Waals surface area contributed by atoms with Crippen LogP contribution in [-0.2, 0) is 0 Å². The van der Waals surface area contributed by atoms with E-state index in [2.05, 4.69) is 0 Å². The smallest absolute Gasteiger partial charge is 0.150 e. The van der Waals surface area contributed by atoms with Gasteiger partial charge in [0, 0.05) is 11.1 Å². The summed E-state index contributed by atoms with van der Waals surface area (Å²) in [6.45, 7) is 1.88. The summed E-state index contributed by atoms with van der Waals surface area (Å²) in [5.74, 6) is 0. The Morgan fingerprint density at radius 2 is 1.47 bits per heavy atom. The molecule has 0 atom stereocenters. The van der Waals surface area contributed by atoms with Crippen LogP contribution in [0.4, 0.5) is 0 Å². The second-order valence-electron chi connectivity index (χ2n) is 3.18. The topological polar surface area (TPSA) is 34.1 Å². The predicted molar refractivity (Wildman–Crippen MR) is 59.6 cm³/mol. The maximum absolute atomic E-state index is 10.6. The normalized spacial score (nSPS) is 8.87. The number of hydrogen-bond acceptors (Lipinski definition) is 2. The Bertz CT molecular complexity index is 421. The van der Waals surface area contributed by atoms with Gasteiger partial charge in [0.1, 0.15) is 12.6 Å². The van der Waals surface area contributed by atoms with Crippen molar-refractivity contribution in [2.24, 2.45) is 0 Å². The van der Waals surface area contributed by atoms with Gasteiger partial charge < -0.3 is 0 Å². The van der Waals surface area contributed by atoms with E-state index in [9.17, 15) is 9.59 Å². The van der Waals surface area contributed by atoms with Crippen LogP contribution in [0.25, 0.3) is 0 Å². The molecule has 0 aliphatic heterocycles. The molecule has 0 N–H and O–H groups in total. The maximum atomic E-state index is 10.6. The van der Waals surface area contributed by atoms with Crippen LogP contribution in [0.15, 0.2) is 42.5 Å². The highest BCUT2D eigenvalue weighted by Gasteiger charge is 1.86. The van der Waals surface area contributed by atoms with Crippen LogP contribution in [-0.4, -0.2) is 12.6 Å². The number of aryl methyl sites for hydroxylation is 1. The molecule has 0 heterocycles. The van der Waals surface area contributed by atoms with E-state index < -0.39 is 0 Å². The summed E-state index contributed by atoms with van der Waals surface area (Å²) in [6.07, 6.45) is 1.59. The Labute approximate surface area is 88.9 Å². The quantitative estimate of drug-likeness (QED) is 0.688. The second kappa shape index (κ2) is 5.70. The van der Waals surface area contributed by atoms with Crippen LogP contribution in [0, 0.1) is 6.92 Å². The number of carbonyl (C=O) groups is 2. The van der Waals surface area contributed by atoms with Crippen LogP contribution in [0.5, 0.6) is 0 Å². The van der Waals surface area contributed by atoms with Gasteiger partial charge >= 0.3 is 0 Å². The molecule has 0 radical (unpaired) electrons. The van der Waals surface area contributed by atoms with E-state index in [1.807, 2.05) is 6.92 Å². The van der Waals surface area contributed by atoms with Crippen LogP contribution >= 0.6 is 0 Å². The first-order chi connectivity index (χ1) is 7.26. The van der Waals surface area contributed by atoms with E-state index in [4.69, 9.17) is 0 Å². The molecule has 0 aromatic heterocycles. The highest BCUT2D eigenvalue weighted by atomic mass is 16.1. The molecule has 0 bridgehead atoms. The highest BCUT2D eigenvalue weighted by molar-refractivity contribution is 5.75. The molecule has 0 fully saturated rings. The average molecular weight is 200 g/mol. The molecular weight excluding hydrogens is 188 g/mol. The van der Waals surface area contributed by atoms with E-state index in [1.54, 1.807) is 42.5 Å². The van der Waals surface area contributed by atoms with Crippen LogP contribution in [0.3, 0.4) is 0 Å². The van der Waals surface area contributed by atoms with Crippen LogP contribution in [0.2, 0.25) is 0 Å². The molecular formula is C13H12O2. The van der Waals surface area contributed by atoms with Crippen molar-refractivity contribution in [2.45, 2.75) is 6.92 Å². The SMILES string of the molecule is Cc1ccc(C=O)ccccc(C=O)c1. The molecule has 0 saturated heterocycles.